The van der Waals surface area contributed by atoms with E-state index in [1.54, 1.807) is 0 Å². The fraction of sp³-hybridized carbons (Fsp3) is 0.625. The third-order valence-electron chi connectivity index (χ3n) is 6.21. The molecular weight excluding hydrogens is 346 g/mol. The van der Waals surface area contributed by atoms with Crippen LogP contribution in [0.5, 0.6) is 0 Å². The number of piperidine rings is 1. The normalized spacial score (nSPS) is 18.5. The van der Waals surface area contributed by atoms with Gasteiger partial charge in [-0.1, -0.05) is 50.8 Å². The Morgan fingerprint density at radius 2 is 1.86 bits per heavy atom. The first-order valence-electron chi connectivity index (χ1n) is 11.3. The summed E-state index contributed by atoms with van der Waals surface area (Å²) in [4.78, 5) is 9.94. The largest absolute Gasteiger partial charge is 0.356 e. The molecule has 2 aliphatic rings. The molecule has 154 valence electrons. The van der Waals surface area contributed by atoms with Crippen LogP contribution in [0.4, 0.5) is 0 Å². The minimum Gasteiger partial charge on any atom is -0.356 e. The summed E-state index contributed by atoms with van der Waals surface area (Å²) in [6.45, 7) is 5.56. The first kappa shape index (κ1) is 20.9. The molecule has 0 bridgehead atoms. The first-order valence-corrected chi connectivity index (χ1v) is 11.3. The van der Waals surface area contributed by atoms with Crippen LogP contribution in [0, 0.1) is 5.92 Å². The summed E-state index contributed by atoms with van der Waals surface area (Å²) < 4.78 is 2.52. The standard InChI is InChI=1S/C18H25N.C6H12N2O/c1-2-8-16-14-19(13-15-9-4-3-5-10-15)18-12-7-6-11-17(16)18;9-5-8-6-1-3-7-4-2-6/h6-7,11-12,14-15H,2-5,8-10,13H2,1H3;5-7H,1-4H2,(H,8,9). The van der Waals surface area contributed by atoms with Crippen molar-refractivity contribution < 1.29 is 4.79 Å². The minimum absolute atomic E-state index is 0.420. The van der Waals surface area contributed by atoms with Crippen LogP contribution >= 0.6 is 0 Å². The maximum atomic E-state index is 9.94. The van der Waals surface area contributed by atoms with Crippen molar-refractivity contribution in [2.45, 2.75) is 77.3 Å². The number of para-hydroxylation sites is 1. The van der Waals surface area contributed by atoms with E-state index >= 15 is 0 Å². The highest BCUT2D eigenvalue weighted by Crippen LogP contribution is 2.28. The summed E-state index contributed by atoms with van der Waals surface area (Å²) in [7, 11) is 0. The molecule has 1 aromatic carbocycles. The van der Waals surface area contributed by atoms with Crippen molar-refractivity contribution in [2.24, 2.45) is 5.92 Å². The number of carbonyl (C=O) groups excluding carboxylic acids is 1. The Hall–Kier alpha value is -1.81. The van der Waals surface area contributed by atoms with Crippen LogP contribution in [0.1, 0.15) is 63.9 Å². The van der Waals surface area contributed by atoms with E-state index in [0.29, 0.717) is 6.04 Å². The van der Waals surface area contributed by atoms with Gasteiger partial charge in [0.05, 0.1) is 0 Å². The van der Waals surface area contributed by atoms with Gasteiger partial charge in [-0.15, -0.1) is 0 Å². The number of rotatable bonds is 6. The zero-order valence-electron chi connectivity index (χ0n) is 17.5. The number of fused-ring (bicyclic) bond motifs is 1. The fourth-order valence-corrected chi connectivity index (χ4v) is 4.68. The van der Waals surface area contributed by atoms with E-state index in [2.05, 4.69) is 52.6 Å². The molecule has 4 nitrogen and oxygen atoms in total. The first-order chi connectivity index (χ1) is 13.8. The van der Waals surface area contributed by atoms with Crippen molar-refractivity contribution in [1.82, 2.24) is 15.2 Å². The molecule has 0 spiro atoms. The van der Waals surface area contributed by atoms with Gasteiger partial charge in [0.1, 0.15) is 0 Å². The van der Waals surface area contributed by atoms with Crippen LogP contribution in [-0.2, 0) is 17.8 Å². The smallest absolute Gasteiger partial charge is 0.207 e. The van der Waals surface area contributed by atoms with Crippen LogP contribution in [-0.4, -0.2) is 30.1 Å². The summed E-state index contributed by atoms with van der Waals surface area (Å²) in [6, 6.07) is 9.35. The number of nitrogens with zero attached hydrogens (tertiary/aromatic N) is 1. The average Bonchev–Trinajstić information content (AvgIpc) is 3.08. The lowest BCUT2D eigenvalue weighted by molar-refractivity contribution is -0.110. The van der Waals surface area contributed by atoms with Crippen molar-refractivity contribution >= 4 is 17.3 Å². The Labute approximate surface area is 170 Å². The van der Waals surface area contributed by atoms with E-state index in [4.69, 9.17) is 0 Å². The monoisotopic (exact) mass is 383 g/mol. The lowest BCUT2D eigenvalue weighted by atomic mass is 9.89. The molecule has 1 aliphatic carbocycles. The second-order valence-electron chi connectivity index (χ2n) is 8.39. The van der Waals surface area contributed by atoms with Crippen molar-refractivity contribution in [3.8, 4) is 0 Å². The summed E-state index contributed by atoms with van der Waals surface area (Å²) in [5.74, 6) is 0.902. The minimum atomic E-state index is 0.420. The summed E-state index contributed by atoms with van der Waals surface area (Å²) in [6.07, 6.45) is 15.0. The van der Waals surface area contributed by atoms with Crippen molar-refractivity contribution in [2.75, 3.05) is 13.1 Å². The van der Waals surface area contributed by atoms with Gasteiger partial charge in [0.2, 0.25) is 6.41 Å². The third-order valence-corrected chi connectivity index (χ3v) is 6.21. The molecule has 0 unspecified atom stereocenters. The molecule has 1 aromatic heterocycles. The molecule has 4 rings (SSSR count). The highest BCUT2D eigenvalue weighted by Gasteiger charge is 2.16. The zero-order chi connectivity index (χ0) is 19.6. The Morgan fingerprint density at radius 3 is 2.57 bits per heavy atom. The molecular formula is C24H37N3O. The lowest BCUT2D eigenvalue weighted by Crippen LogP contribution is -2.39. The summed E-state index contributed by atoms with van der Waals surface area (Å²) in [5.41, 5.74) is 2.98. The lowest BCUT2D eigenvalue weighted by Gasteiger charge is -2.22. The maximum Gasteiger partial charge on any atom is 0.207 e. The van der Waals surface area contributed by atoms with E-state index in [0.717, 1.165) is 38.3 Å². The third kappa shape index (κ3) is 5.84. The average molecular weight is 384 g/mol. The van der Waals surface area contributed by atoms with Crippen LogP contribution in [0.3, 0.4) is 0 Å². The predicted octanol–water partition coefficient (Wildman–Crippen LogP) is 4.66. The molecule has 0 atom stereocenters. The molecule has 2 fully saturated rings. The Morgan fingerprint density at radius 1 is 1.11 bits per heavy atom. The highest BCUT2D eigenvalue weighted by atomic mass is 16.1. The predicted molar refractivity (Wildman–Crippen MR) is 118 cm³/mol. The number of aromatic nitrogens is 1. The number of carbonyl (C=O) groups is 1. The van der Waals surface area contributed by atoms with E-state index < -0.39 is 0 Å². The topological polar surface area (TPSA) is 46.1 Å². The van der Waals surface area contributed by atoms with Crippen LogP contribution in [0.25, 0.3) is 10.9 Å². The second kappa shape index (κ2) is 11.3. The zero-order valence-corrected chi connectivity index (χ0v) is 17.5. The van der Waals surface area contributed by atoms with Gasteiger partial charge >= 0.3 is 0 Å². The van der Waals surface area contributed by atoms with Gasteiger partial charge in [-0.3, -0.25) is 4.79 Å². The quantitative estimate of drug-likeness (QED) is 0.713. The number of aryl methyl sites for hydroxylation is 1. The molecule has 2 aromatic rings. The van der Waals surface area contributed by atoms with E-state index in [9.17, 15) is 4.79 Å². The van der Waals surface area contributed by atoms with Gasteiger partial charge in [0.25, 0.3) is 0 Å². The van der Waals surface area contributed by atoms with Crippen molar-refractivity contribution in [3.63, 3.8) is 0 Å². The van der Waals surface area contributed by atoms with Gasteiger partial charge in [-0.2, -0.15) is 0 Å². The second-order valence-corrected chi connectivity index (χ2v) is 8.39. The van der Waals surface area contributed by atoms with Crippen molar-refractivity contribution in [3.05, 3.63) is 36.0 Å². The molecule has 1 aliphatic heterocycles. The summed E-state index contributed by atoms with van der Waals surface area (Å²) in [5, 5.41) is 7.45. The van der Waals surface area contributed by atoms with Crippen LogP contribution in [0.15, 0.2) is 30.5 Å². The molecule has 2 heterocycles. The SMILES string of the molecule is CCCc1cn(CC2CCCCC2)c2ccccc12.O=CNC1CCNCC1. The Balaban J connectivity index is 0.000000211. The van der Waals surface area contributed by atoms with Gasteiger partial charge in [-0.05, 0) is 62.7 Å². The Bertz CT molecular complexity index is 712. The van der Waals surface area contributed by atoms with Gasteiger partial charge in [0, 0.05) is 29.7 Å². The number of benzene rings is 1. The van der Waals surface area contributed by atoms with E-state index in [1.807, 2.05) is 0 Å². The van der Waals surface area contributed by atoms with E-state index in [1.165, 1.54) is 68.0 Å². The molecule has 1 saturated heterocycles. The Kier molecular flexibility index (Phi) is 8.41. The van der Waals surface area contributed by atoms with Crippen LogP contribution < -0.4 is 10.6 Å². The molecule has 28 heavy (non-hydrogen) atoms. The van der Waals surface area contributed by atoms with Gasteiger partial charge < -0.3 is 15.2 Å². The molecule has 0 radical (unpaired) electrons. The number of amides is 1. The maximum absolute atomic E-state index is 9.94. The fourth-order valence-electron chi connectivity index (χ4n) is 4.68. The molecule has 1 amide bonds. The van der Waals surface area contributed by atoms with Gasteiger partial charge in [-0.25, -0.2) is 0 Å². The van der Waals surface area contributed by atoms with Gasteiger partial charge in [0.15, 0.2) is 0 Å². The number of hydrogen-bond acceptors (Lipinski definition) is 2. The number of nitrogens with one attached hydrogen (secondary N) is 2. The van der Waals surface area contributed by atoms with Crippen molar-refractivity contribution in [1.29, 1.82) is 0 Å². The summed E-state index contributed by atoms with van der Waals surface area (Å²) >= 11 is 0. The van der Waals surface area contributed by atoms with Crippen LogP contribution in [0.2, 0.25) is 0 Å². The van der Waals surface area contributed by atoms with E-state index in [-0.39, 0.29) is 0 Å². The highest BCUT2D eigenvalue weighted by molar-refractivity contribution is 5.84. The molecule has 2 N–H and O–H groups in total. The number of hydrogen-bond donors (Lipinski definition) is 2. The molecule has 4 heteroatoms. The molecule has 1 saturated carbocycles.